The molecule has 2 fully saturated rings. The first-order chi connectivity index (χ1) is 10.6. The Morgan fingerprint density at radius 3 is 2.68 bits per heavy atom. The Labute approximate surface area is 129 Å². The minimum Gasteiger partial charge on any atom is -0.481 e. The van der Waals surface area contributed by atoms with Crippen LogP contribution in [0.25, 0.3) is 0 Å². The van der Waals surface area contributed by atoms with Gasteiger partial charge in [0.1, 0.15) is 5.69 Å². The van der Waals surface area contributed by atoms with E-state index in [2.05, 4.69) is 14.9 Å². The van der Waals surface area contributed by atoms with Gasteiger partial charge < -0.3 is 14.9 Å². The number of aromatic nitrogens is 2. The van der Waals surface area contributed by atoms with E-state index in [-0.39, 0.29) is 12.5 Å². The molecular formula is C15H20N4O3. The van der Waals surface area contributed by atoms with Gasteiger partial charge in [-0.05, 0) is 31.7 Å². The van der Waals surface area contributed by atoms with Crippen molar-refractivity contribution in [1.29, 1.82) is 0 Å². The zero-order valence-corrected chi connectivity index (χ0v) is 12.4. The van der Waals surface area contributed by atoms with E-state index in [1.165, 1.54) is 0 Å². The summed E-state index contributed by atoms with van der Waals surface area (Å²) in [6, 6.07) is 1.60. The Kier molecular flexibility index (Phi) is 4.22. The fraction of sp³-hybridized carbons (Fsp3) is 0.600. The molecule has 7 nitrogen and oxygen atoms in total. The number of carbonyl (C=O) groups excluding carboxylic acids is 1. The molecule has 0 bridgehead atoms. The first-order valence-electron chi connectivity index (χ1n) is 7.75. The molecule has 0 spiro atoms. The second-order valence-electron chi connectivity index (χ2n) is 5.86. The zero-order chi connectivity index (χ0) is 15.5. The SMILES string of the molecule is O=C(O)C1CCCN(C(=O)c2ccnc(N3CCCC3)n2)C1. The van der Waals surface area contributed by atoms with Gasteiger partial charge in [-0.15, -0.1) is 0 Å². The van der Waals surface area contributed by atoms with Crippen molar-refractivity contribution in [3.05, 3.63) is 18.0 Å². The fourth-order valence-electron chi connectivity index (χ4n) is 3.06. The highest BCUT2D eigenvalue weighted by Gasteiger charge is 2.29. The highest BCUT2D eigenvalue weighted by Crippen LogP contribution is 2.20. The highest BCUT2D eigenvalue weighted by atomic mass is 16.4. The van der Waals surface area contributed by atoms with E-state index in [4.69, 9.17) is 5.11 Å². The number of likely N-dealkylation sites (tertiary alicyclic amines) is 1. The Morgan fingerprint density at radius 1 is 1.18 bits per heavy atom. The van der Waals surface area contributed by atoms with E-state index >= 15 is 0 Å². The summed E-state index contributed by atoms with van der Waals surface area (Å²) >= 11 is 0. The minimum atomic E-state index is -0.835. The lowest BCUT2D eigenvalue weighted by molar-refractivity contribution is -0.143. The van der Waals surface area contributed by atoms with Crippen molar-refractivity contribution in [2.24, 2.45) is 5.92 Å². The van der Waals surface area contributed by atoms with Gasteiger partial charge in [0, 0.05) is 32.4 Å². The third-order valence-electron chi connectivity index (χ3n) is 4.31. The van der Waals surface area contributed by atoms with Crippen LogP contribution < -0.4 is 4.90 Å². The normalized spacial score (nSPS) is 21.9. The number of carbonyl (C=O) groups is 2. The molecule has 0 radical (unpaired) electrons. The van der Waals surface area contributed by atoms with E-state index in [0.29, 0.717) is 31.0 Å². The van der Waals surface area contributed by atoms with Gasteiger partial charge in [-0.2, -0.15) is 0 Å². The number of aliphatic carboxylic acids is 1. The zero-order valence-electron chi connectivity index (χ0n) is 12.4. The molecule has 2 aliphatic rings. The molecule has 0 aliphatic carbocycles. The van der Waals surface area contributed by atoms with Crippen molar-refractivity contribution in [3.8, 4) is 0 Å². The van der Waals surface area contributed by atoms with E-state index in [9.17, 15) is 9.59 Å². The first-order valence-corrected chi connectivity index (χ1v) is 7.75. The van der Waals surface area contributed by atoms with Crippen LogP contribution in [0.4, 0.5) is 5.95 Å². The van der Waals surface area contributed by atoms with Crippen molar-refractivity contribution in [2.45, 2.75) is 25.7 Å². The average molecular weight is 304 g/mol. The van der Waals surface area contributed by atoms with Gasteiger partial charge in [-0.3, -0.25) is 9.59 Å². The first kappa shape index (κ1) is 14.7. The number of hydrogen-bond acceptors (Lipinski definition) is 5. The van der Waals surface area contributed by atoms with Crippen molar-refractivity contribution in [3.63, 3.8) is 0 Å². The maximum atomic E-state index is 12.6. The molecule has 2 saturated heterocycles. The van der Waals surface area contributed by atoms with Gasteiger partial charge in [0.2, 0.25) is 5.95 Å². The smallest absolute Gasteiger partial charge is 0.308 e. The third-order valence-corrected chi connectivity index (χ3v) is 4.31. The average Bonchev–Trinajstić information content (AvgIpc) is 3.09. The maximum Gasteiger partial charge on any atom is 0.308 e. The van der Waals surface area contributed by atoms with Crippen LogP contribution in [0, 0.1) is 5.92 Å². The van der Waals surface area contributed by atoms with Crippen LogP contribution in [0.15, 0.2) is 12.3 Å². The lowest BCUT2D eigenvalue weighted by Crippen LogP contribution is -2.42. The second-order valence-corrected chi connectivity index (χ2v) is 5.86. The fourth-order valence-corrected chi connectivity index (χ4v) is 3.06. The molecule has 118 valence electrons. The van der Waals surface area contributed by atoms with Crippen LogP contribution in [0.3, 0.4) is 0 Å². The largest absolute Gasteiger partial charge is 0.481 e. The van der Waals surface area contributed by atoms with Gasteiger partial charge in [-0.1, -0.05) is 0 Å². The lowest BCUT2D eigenvalue weighted by Gasteiger charge is -2.30. The number of amides is 1. The second kappa shape index (κ2) is 6.29. The molecular weight excluding hydrogens is 284 g/mol. The molecule has 3 heterocycles. The molecule has 3 rings (SSSR count). The summed E-state index contributed by atoms with van der Waals surface area (Å²) in [6.07, 6.45) is 5.18. The maximum absolute atomic E-state index is 12.6. The predicted molar refractivity (Wildman–Crippen MR) is 79.7 cm³/mol. The minimum absolute atomic E-state index is 0.200. The van der Waals surface area contributed by atoms with Crippen molar-refractivity contribution < 1.29 is 14.7 Å². The standard InChI is InChI=1S/C15H20N4O3/c20-13(19-9-3-4-11(10-19)14(21)22)12-5-6-16-15(17-12)18-7-1-2-8-18/h5-6,11H,1-4,7-10H2,(H,21,22). The summed E-state index contributed by atoms with van der Waals surface area (Å²) in [4.78, 5) is 36.0. The molecule has 1 unspecified atom stereocenters. The van der Waals surface area contributed by atoms with Crippen LogP contribution in [-0.2, 0) is 4.79 Å². The molecule has 2 aliphatic heterocycles. The topological polar surface area (TPSA) is 86.6 Å². The molecule has 7 heteroatoms. The summed E-state index contributed by atoms with van der Waals surface area (Å²) in [5.74, 6) is -0.917. The van der Waals surface area contributed by atoms with Crippen LogP contribution in [0.1, 0.15) is 36.2 Å². The molecule has 1 N–H and O–H groups in total. The lowest BCUT2D eigenvalue weighted by atomic mass is 9.98. The summed E-state index contributed by atoms with van der Waals surface area (Å²) in [7, 11) is 0. The van der Waals surface area contributed by atoms with Gasteiger partial charge in [-0.25, -0.2) is 9.97 Å². The van der Waals surface area contributed by atoms with Gasteiger partial charge in [0.15, 0.2) is 0 Å². The summed E-state index contributed by atoms with van der Waals surface area (Å²) in [5, 5.41) is 9.13. The molecule has 1 aromatic heterocycles. The highest BCUT2D eigenvalue weighted by molar-refractivity contribution is 5.93. The molecule has 0 aromatic carbocycles. The third kappa shape index (κ3) is 3.03. The van der Waals surface area contributed by atoms with Gasteiger partial charge in [0.25, 0.3) is 5.91 Å². The van der Waals surface area contributed by atoms with E-state index in [1.807, 2.05) is 0 Å². The van der Waals surface area contributed by atoms with Crippen LogP contribution >= 0.6 is 0 Å². The Hall–Kier alpha value is -2.18. The predicted octanol–water partition coefficient (Wildman–Crippen LogP) is 1.01. The summed E-state index contributed by atoms with van der Waals surface area (Å²) in [6.45, 7) is 2.69. The number of carboxylic acids is 1. The van der Waals surface area contributed by atoms with Crippen molar-refractivity contribution in [2.75, 3.05) is 31.1 Å². The van der Waals surface area contributed by atoms with E-state index < -0.39 is 11.9 Å². The van der Waals surface area contributed by atoms with Crippen LogP contribution in [0.2, 0.25) is 0 Å². The van der Waals surface area contributed by atoms with Gasteiger partial charge in [0.05, 0.1) is 5.92 Å². The molecule has 0 saturated carbocycles. The van der Waals surface area contributed by atoms with E-state index in [1.54, 1.807) is 17.2 Å². The number of hydrogen-bond donors (Lipinski definition) is 1. The number of nitrogens with zero attached hydrogens (tertiary/aromatic N) is 4. The van der Waals surface area contributed by atoms with Crippen LogP contribution in [-0.4, -0.2) is 58.0 Å². The van der Waals surface area contributed by atoms with E-state index in [0.717, 1.165) is 25.9 Å². The van der Waals surface area contributed by atoms with Gasteiger partial charge >= 0.3 is 5.97 Å². The molecule has 1 atom stereocenters. The number of carboxylic acid groups (broad SMARTS) is 1. The summed E-state index contributed by atoms with van der Waals surface area (Å²) in [5.41, 5.74) is 0.350. The van der Waals surface area contributed by atoms with Crippen molar-refractivity contribution in [1.82, 2.24) is 14.9 Å². The monoisotopic (exact) mass is 304 g/mol. The number of piperidine rings is 1. The number of rotatable bonds is 3. The Balaban J connectivity index is 1.74. The molecule has 1 aromatic rings. The quantitative estimate of drug-likeness (QED) is 0.897. The molecule has 22 heavy (non-hydrogen) atoms. The summed E-state index contributed by atoms with van der Waals surface area (Å²) < 4.78 is 0. The Morgan fingerprint density at radius 2 is 1.95 bits per heavy atom. The molecule has 1 amide bonds. The number of anilines is 1. The van der Waals surface area contributed by atoms with Crippen LogP contribution in [0.5, 0.6) is 0 Å². The van der Waals surface area contributed by atoms with Crippen molar-refractivity contribution >= 4 is 17.8 Å². The Bertz CT molecular complexity index is 572.